The molecule has 0 spiro atoms. The summed E-state index contributed by atoms with van der Waals surface area (Å²) in [4.78, 5) is 29.1. The van der Waals surface area contributed by atoms with Gasteiger partial charge in [-0.15, -0.1) is 0 Å². The summed E-state index contributed by atoms with van der Waals surface area (Å²) in [5.41, 5.74) is 1.30. The summed E-state index contributed by atoms with van der Waals surface area (Å²) in [6.45, 7) is 0.684. The Hall–Kier alpha value is -3.65. The maximum atomic E-state index is 14.1. The number of ether oxygens (including phenoxy) is 2. The highest BCUT2D eigenvalue weighted by atomic mass is 19.1. The highest BCUT2D eigenvalue weighted by Gasteiger charge is 2.32. The first kappa shape index (κ1) is 22.5. The molecule has 172 valence electrons. The average Bonchev–Trinajstić information content (AvgIpc) is 3.32. The van der Waals surface area contributed by atoms with Crippen molar-refractivity contribution in [1.29, 1.82) is 0 Å². The normalized spacial score (nSPS) is 16.5. The predicted octanol–water partition coefficient (Wildman–Crippen LogP) is 3.50. The first-order chi connectivity index (χ1) is 16.0. The third-order valence-corrected chi connectivity index (χ3v) is 5.49. The number of hydrogen-bond acceptors (Lipinski definition) is 5. The summed E-state index contributed by atoms with van der Waals surface area (Å²) < 4.78 is 30.6. The maximum Gasteiger partial charge on any atom is 0.290 e. The van der Waals surface area contributed by atoms with E-state index in [0.29, 0.717) is 17.9 Å². The number of carbonyl (C=O) groups excluding carboxylic acids is 2. The van der Waals surface area contributed by atoms with Crippen molar-refractivity contribution in [3.05, 3.63) is 89.6 Å². The molecule has 33 heavy (non-hydrogen) atoms. The minimum atomic E-state index is -0.513. The molecule has 1 unspecified atom stereocenters. The molecule has 1 atom stereocenters. The number of benzene rings is 2. The Kier molecular flexibility index (Phi) is 7.04. The Labute approximate surface area is 191 Å². The van der Waals surface area contributed by atoms with Gasteiger partial charge in [-0.2, -0.15) is 0 Å². The Morgan fingerprint density at radius 1 is 1.12 bits per heavy atom. The molecule has 2 aromatic carbocycles. The van der Waals surface area contributed by atoms with E-state index in [1.54, 1.807) is 42.3 Å². The van der Waals surface area contributed by atoms with Crippen LogP contribution < -0.4 is 4.74 Å². The van der Waals surface area contributed by atoms with E-state index < -0.39 is 12.0 Å². The van der Waals surface area contributed by atoms with Crippen LogP contribution in [0, 0.1) is 5.82 Å². The van der Waals surface area contributed by atoms with E-state index in [2.05, 4.69) is 0 Å². The van der Waals surface area contributed by atoms with Crippen molar-refractivity contribution in [2.45, 2.75) is 19.3 Å². The molecule has 1 aromatic heterocycles. The van der Waals surface area contributed by atoms with E-state index >= 15 is 0 Å². The van der Waals surface area contributed by atoms with Crippen LogP contribution in [0.25, 0.3) is 0 Å². The fourth-order valence-electron chi connectivity index (χ4n) is 3.76. The minimum Gasteiger partial charge on any atom is -0.497 e. The molecule has 0 saturated carbocycles. The molecule has 0 N–H and O–H groups in total. The summed E-state index contributed by atoms with van der Waals surface area (Å²) in [6.07, 6.45) is 0.897. The lowest BCUT2D eigenvalue weighted by atomic mass is 10.2. The topological polar surface area (TPSA) is 72.2 Å². The standard InChI is InChI=1S/C25H25FN2O5/c1-31-20-8-4-6-18(12-20)13-27-14-21(33-17-19-7-2-3-9-22(19)26)15-28(16-24(27)29)25(30)23-10-5-11-32-23/h2-12,21H,13-17H2,1H3. The summed E-state index contributed by atoms with van der Waals surface area (Å²) in [7, 11) is 1.58. The van der Waals surface area contributed by atoms with Crippen LogP contribution in [0.4, 0.5) is 4.39 Å². The van der Waals surface area contributed by atoms with E-state index in [0.717, 1.165) is 5.56 Å². The summed E-state index contributed by atoms with van der Waals surface area (Å²) >= 11 is 0. The fourth-order valence-corrected chi connectivity index (χ4v) is 3.76. The third kappa shape index (κ3) is 5.59. The lowest BCUT2D eigenvalue weighted by Gasteiger charge is -2.25. The van der Waals surface area contributed by atoms with Gasteiger partial charge in [0.05, 0.1) is 26.1 Å². The first-order valence-electron chi connectivity index (χ1n) is 10.6. The van der Waals surface area contributed by atoms with Gasteiger partial charge in [0.15, 0.2) is 5.76 Å². The van der Waals surface area contributed by atoms with Crippen molar-refractivity contribution in [2.24, 2.45) is 0 Å². The number of hydrogen-bond donors (Lipinski definition) is 0. The van der Waals surface area contributed by atoms with Gasteiger partial charge < -0.3 is 23.7 Å². The predicted molar refractivity (Wildman–Crippen MR) is 118 cm³/mol. The molecule has 0 bridgehead atoms. The summed E-state index contributed by atoms with van der Waals surface area (Å²) in [5, 5.41) is 0. The van der Waals surface area contributed by atoms with Crippen molar-refractivity contribution < 1.29 is 27.9 Å². The largest absolute Gasteiger partial charge is 0.497 e. The Balaban J connectivity index is 1.54. The van der Waals surface area contributed by atoms with Gasteiger partial charge in [-0.25, -0.2) is 4.39 Å². The molecule has 1 saturated heterocycles. The lowest BCUT2D eigenvalue weighted by Crippen LogP contribution is -2.39. The zero-order chi connectivity index (χ0) is 23.2. The highest BCUT2D eigenvalue weighted by Crippen LogP contribution is 2.19. The molecule has 2 heterocycles. The maximum absolute atomic E-state index is 14.1. The Morgan fingerprint density at radius 2 is 1.97 bits per heavy atom. The summed E-state index contributed by atoms with van der Waals surface area (Å²) in [5.74, 6) is -0.126. The van der Waals surface area contributed by atoms with E-state index in [1.807, 2.05) is 24.3 Å². The van der Waals surface area contributed by atoms with Crippen molar-refractivity contribution in [3.63, 3.8) is 0 Å². The SMILES string of the molecule is COc1cccc(CN2CC(OCc3ccccc3F)CN(C(=O)c3ccco3)CC2=O)c1. The molecule has 0 radical (unpaired) electrons. The number of carbonyl (C=O) groups is 2. The highest BCUT2D eigenvalue weighted by molar-refractivity contribution is 5.94. The van der Waals surface area contributed by atoms with E-state index in [-0.39, 0.29) is 43.7 Å². The number of nitrogens with zero attached hydrogens (tertiary/aromatic N) is 2. The molecular formula is C25H25FN2O5. The molecule has 8 heteroatoms. The Bertz CT molecular complexity index is 1100. The van der Waals surface area contributed by atoms with Crippen LogP contribution in [0.3, 0.4) is 0 Å². The van der Waals surface area contributed by atoms with Crippen LogP contribution in [0.5, 0.6) is 5.75 Å². The number of amides is 2. The minimum absolute atomic E-state index is 0.0291. The third-order valence-electron chi connectivity index (χ3n) is 5.49. The van der Waals surface area contributed by atoms with Gasteiger partial charge in [-0.05, 0) is 35.9 Å². The van der Waals surface area contributed by atoms with E-state index in [9.17, 15) is 14.0 Å². The van der Waals surface area contributed by atoms with Gasteiger partial charge in [0.25, 0.3) is 5.91 Å². The first-order valence-corrected chi connectivity index (χ1v) is 10.6. The lowest BCUT2D eigenvalue weighted by molar-refractivity contribution is -0.132. The van der Waals surface area contributed by atoms with Crippen molar-refractivity contribution in [1.82, 2.24) is 9.80 Å². The molecule has 1 fully saturated rings. The summed E-state index contributed by atoms with van der Waals surface area (Å²) in [6, 6.07) is 17.0. The number of furan rings is 1. The zero-order valence-electron chi connectivity index (χ0n) is 18.3. The van der Waals surface area contributed by atoms with Gasteiger partial charge >= 0.3 is 0 Å². The van der Waals surface area contributed by atoms with Crippen LogP contribution in [0.2, 0.25) is 0 Å². The van der Waals surface area contributed by atoms with Gasteiger partial charge in [0, 0.05) is 25.2 Å². The number of methoxy groups -OCH3 is 1. The molecule has 3 aromatic rings. The van der Waals surface area contributed by atoms with Crippen molar-refractivity contribution in [3.8, 4) is 5.75 Å². The van der Waals surface area contributed by atoms with Crippen LogP contribution in [-0.2, 0) is 22.7 Å². The van der Waals surface area contributed by atoms with Gasteiger partial charge in [-0.3, -0.25) is 9.59 Å². The van der Waals surface area contributed by atoms with Crippen LogP contribution in [0.15, 0.2) is 71.3 Å². The monoisotopic (exact) mass is 452 g/mol. The van der Waals surface area contributed by atoms with E-state index in [1.165, 1.54) is 17.2 Å². The van der Waals surface area contributed by atoms with E-state index in [4.69, 9.17) is 13.9 Å². The zero-order valence-corrected chi connectivity index (χ0v) is 18.3. The molecule has 1 aliphatic rings. The van der Waals surface area contributed by atoms with Crippen molar-refractivity contribution in [2.75, 3.05) is 26.7 Å². The molecule has 7 nitrogen and oxygen atoms in total. The Morgan fingerprint density at radius 3 is 2.73 bits per heavy atom. The second kappa shape index (κ2) is 10.3. The smallest absolute Gasteiger partial charge is 0.290 e. The van der Waals surface area contributed by atoms with Gasteiger partial charge in [0.2, 0.25) is 5.91 Å². The molecule has 1 aliphatic heterocycles. The quantitative estimate of drug-likeness (QED) is 0.549. The van der Waals surface area contributed by atoms with Gasteiger partial charge in [0.1, 0.15) is 18.1 Å². The molecule has 4 rings (SSSR count). The second-order valence-electron chi connectivity index (χ2n) is 7.81. The molecule has 0 aliphatic carbocycles. The number of halogens is 1. The second-order valence-corrected chi connectivity index (χ2v) is 7.81. The van der Waals surface area contributed by atoms with Gasteiger partial charge in [-0.1, -0.05) is 30.3 Å². The fraction of sp³-hybridized carbons (Fsp3) is 0.280. The average molecular weight is 452 g/mol. The number of rotatable bonds is 7. The van der Waals surface area contributed by atoms with Crippen LogP contribution in [0.1, 0.15) is 21.7 Å². The molecule has 2 amide bonds. The van der Waals surface area contributed by atoms with Crippen LogP contribution in [-0.4, -0.2) is 54.5 Å². The molecular weight excluding hydrogens is 427 g/mol. The van der Waals surface area contributed by atoms with Crippen LogP contribution >= 0.6 is 0 Å². The van der Waals surface area contributed by atoms with Crippen molar-refractivity contribution >= 4 is 11.8 Å².